The molecule has 0 unspecified atom stereocenters. The van der Waals surface area contributed by atoms with E-state index in [0.29, 0.717) is 25.3 Å². The lowest BCUT2D eigenvalue weighted by Crippen LogP contribution is -2.42. The molecule has 114 valence electrons. The summed E-state index contributed by atoms with van der Waals surface area (Å²) in [5.74, 6) is -1.09. The second kappa shape index (κ2) is 6.29. The Hall–Kier alpha value is -2.18. The first-order chi connectivity index (χ1) is 10.6. The van der Waals surface area contributed by atoms with Gasteiger partial charge in [0, 0.05) is 12.1 Å². The third kappa shape index (κ3) is 3.03. The van der Waals surface area contributed by atoms with Crippen molar-refractivity contribution in [2.75, 3.05) is 19.7 Å². The number of carbonyl (C=O) groups excluding carboxylic acids is 1. The number of ether oxygens (including phenoxy) is 1. The molecule has 1 aliphatic heterocycles. The van der Waals surface area contributed by atoms with Crippen LogP contribution >= 0.6 is 11.3 Å². The van der Waals surface area contributed by atoms with Crippen molar-refractivity contribution in [1.82, 2.24) is 4.90 Å². The molecule has 1 aliphatic rings. The van der Waals surface area contributed by atoms with Crippen molar-refractivity contribution in [1.29, 1.82) is 0 Å². The van der Waals surface area contributed by atoms with Gasteiger partial charge >= 0.3 is 5.97 Å². The molecule has 1 N–H and O–H groups in total. The predicted octanol–water partition coefficient (Wildman–Crippen LogP) is 2.66. The van der Waals surface area contributed by atoms with Crippen molar-refractivity contribution >= 4 is 23.2 Å². The molecule has 1 saturated heterocycles. The number of carboxylic acid groups (broad SMARTS) is 1. The molecule has 5 nitrogen and oxygen atoms in total. The molecule has 0 saturated carbocycles. The van der Waals surface area contributed by atoms with E-state index < -0.39 is 5.97 Å². The van der Waals surface area contributed by atoms with Crippen LogP contribution in [0.4, 0.5) is 0 Å². The van der Waals surface area contributed by atoms with E-state index in [9.17, 15) is 9.59 Å². The maximum Gasteiger partial charge on any atom is 0.335 e. The van der Waals surface area contributed by atoms with Crippen molar-refractivity contribution in [3.8, 4) is 0 Å². The van der Waals surface area contributed by atoms with Crippen LogP contribution in [0.2, 0.25) is 0 Å². The van der Waals surface area contributed by atoms with Crippen LogP contribution < -0.4 is 0 Å². The summed E-state index contributed by atoms with van der Waals surface area (Å²) in [5.41, 5.74) is 1.76. The van der Waals surface area contributed by atoms with Crippen molar-refractivity contribution in [2.24, 2.45) is 0 Å². The van der Waals surface area contributed by atoms with Gasteiger partial charge in [-0.1, -0.05) is 0 Å². The van der Waals surface area contributed by atoms with Gasteiger partial charge in [0.05, 0.1) is 18.7 Å². The Kier molecular flexibility index (Phi) is 4.22. The number of nitrogens with zero attached hydrogens (tertiary/aromatic N) is 1. The van der Waals surface area contributed by atoms with Gasteiger partial charge in [-0.3, -0.25) is 4.79 Å². The third-order valence-corrected chi connectivity index (χ3v) is 4.35. The van der Waals surface area contributed by atoms with Crippen LogP contribution in [0, 0.1) is 0 Å². The van der Waals surface area contributed by atoms with E-state index in [1.54, 1.807) is 28.4 Å². The Morgan fingerprint density at radius 1 is 1.18 bits per heavy atom. The van der Waals surface area contributed by atoms with Crippen LogP contribution in [0.25, 0.3) is 0 Å². The average Bonchev–Trinajstić information content (AvgIpc) is 3.09. The van der Waals surface area contributed by atoms with Crippen LogP contribution in [0.5, 0.6) is 0 Å². The highest BCUT2D eigenvalue weighted by Gasteiger charge is 2.26. The van der Waals surface area contributed by atoms with Gasteiger partial charge in [-0.25, -0.2) is 4.79 Å². The zero-order chi connectivity index (χ0) is 15.5. The van der Waals surface area contributed by atoms with Gasteiger partial charge in [-0.05, 0) is 46.7 Å². The third-order valence-electron chi connectivity index (χ3n) is 3.65. The molecule has 0 radical (unpaired) electrons. The van der Waals surface area contributed by atoms with Crippen molar-refractivity contribution in [3.63, 3.8) is 0 Å². The van der Waals surface area contributed by atoms with E-state index in [0.717, 1.165) is 5.56 Å². The number of rotatable bonds is 3. The Balaban J connectivity index is 1.72. The Labute approximate surface area is 131 Å². The summed E-state index contributed by atoms with van der Waals surface area (Å²) in [5, 5.41) is 12.9. The van der Waals surface area contributed by atoms with Gasteiger partial charge in [0.1, 0.15) is 6.10 Å². The minimum Gasteiger partial charge on any atom is -0.478 e. The summed E-state index contributed by atoms with van der Waals surface area (Å²) in [7, 11) is 0. The fourth-order valence-corrected chi connectivity index (χ4v) is 3.13. The van der Waals surface area contributed by atoms with Gasteiger partial charge in [0.2, 0.25) is 0 Å². The van der Waals surface area contributed by atoms with Gasteiger partial charge in [-0.2, -0.15) is 11.3 Å². The first-order valence-corrected chi connectivity index (χ1v) is 7.86. The number of benzene rings is 1. The summed E-state index contributed by atoms with van der Waals surface area (Å²) in [4.78, 5) is 25.1. The summed E-state index contributed by atoms with van der Waals surface area (Å²) < 4.78 is 5.72. The molecule has 0 bridgehead atoms. The number of carbonyl (C=O) groups is 2. The molecular formula is C16H15NO4S. The fourth-order valence-electron chi connectivity index (χ4n) is 2.43. The quantitative estimate of drug-likeness (QED) is 0.945. The minimum atomic E-state index is -0.997. The smallest absolute Gasteiger partial charge is 0.335 e. The molecular weight excluding hydrogens is 302 g/mol. The molecule has 0 aliphatic carbocycles. The summed E-state index contributed by atoms with van der Waals surface area (Å²) in [6.07, 6.45) is -0.0951. The summed E-state index contributed by atoms with van der Waals surface area (Å²) >= 11 is 1.60. The summed E-state index contributed by atoms with van der Waals surface area (Å²) in [6.45, 7) is 1.55. The van der Waals surface area contributed by atoms with E-state index in [-0.39, 0.29) is 17.6 Å². The second-order valence-corrected chi connectivity index (χ2v) is 5.83. The fraction of sp³-hybridized carbons (Fsp3) is 0.250. The molecule has 2 aromatic rings. The maximum absolute atomic E-state index is 12.5. The van der Waals surface area contributed by atoms with Crippen LogP contribution in [0.1, 0.15) is 32.4 Å². The lowest BCUT2D eigenvalue weighted by molar-refractivity contribution is -0.0226. The van der Waals surface area contributed by atoms with Gasteiger partial charge < -0.3 is 14.7 Å². The van der Waals surface area contributed by atoms with E-state index in [1.165, 1.54) is 12.1 Å². The van der Waals surface area contributed by atoms with Gasteiger partial charge in [0.25, 0.3) is 5.91 Å². The number of aromatic carboxylic acids is 1. The topological polar surface area (TPSA) is 66.8 Å². The van der Waals surface area contributed by atoms with E-state index >= 15 is 0 Å². The van der Waals surface area contributed by atoms with E-state index in [2.05, 4.69) is 0 Å². The molecule has 1 aromatic heterocycles. The largest absolute Gasteiger partial charge is 0.478 e. The van der Waals surface area contributed by atoms with Crippen LogP contribution in [-0.2, 0) is 4.74 Å². The van der Waals surface area contributed by atoms with Crippen LogP contribution in [0.15, 0.2) is 41.1 Å². The molecule has 2 heterocycles. The molecule has 1 aromatic carbocycles. The monoisotopic (exact) mass is 317 g/mol. The SMILES string of the molecule is O=C(O)c1ccc(C(=O)N2CCO[C@H](c3ccsc3)C2)cc1. The molecule has 3 rings (SSSR count). The van der Waals surface area contributed by atoms with Crippen LogP contribution in [0.3, 0.4) is 0 Å². The molecule has 6 heteroatoms. The van der Waals surface area contributed by atoms with Gasteiger partial charge in [-0.15, -0.1) is 0 Å². The van der Waals surface area contributed by atoms with Crippen molar-refractivity contribution < 1.29 is 19.4 Å². The summed E-state index contributed by atoms with van der Waals surface area (Å²) in [6, 6.07) is 8.02. The zero-order valence-corrected chi connectivity index (χ0v) is 12.6. The number of morpholine rings is 1. The first-order valence-electron chi connectivity index (χ1n) is 6.91. The first kappa shape index (κ1) is 14.7. The minimum absolute atomic E-state index is 0.0951. The maximum atomic E-state index is 12.5. The van der Waals surface area contributed by atoms with Crippen molar-refractivity contribution in [2.45, 2.75) is 6.10 Å². The number of hydrogen-bond donors (Lipinski definition) is 1. The lowest BCUT2D eigenvalue weighted by atomic mass is 10.1. The number of amides is 1. The molecule has 1 fully saturated rings. The lowest BCUT2D eigenvalue weighted by Gasteiger charge is -2.32. The Morgan fingerprint density at radius 3 is 2.55 bits per heavy atom. The number of carboxylic acids is 1. The molecule has 1 amide bonds. The van der Waals surface area contributed by atoms with E-state index in [4.69, 9.17) is 9.84 Å². The van der Waals surface area contributed by atoms with Crippen LogP contribution in [-0.4, -0.2) is 41.6 Å². The zero-order valence-electron chi connectivity index (χ0n) is 11.8. The van der Waals surface area contributed by atoms with Gasteiger partial charge in [0.15, 0.2) is 0 Å². The normalized spacial score (nSPS) is 18.2. The number of hydrogen-bond acceptors (Lipinski definition) is 4. The van der Waals surface area contributed by atoms with E-state index in [1.807, 2.05) is 16.8 Å². The highest BCUT2D eigenvalue weighted by atomic mass is 32.1. The second-order valence-electron chi connectivity index (χ2n) is 5.05. The molecule has 0 spiro atoms. The average molecular weight is 317 g/mol. The predicted molar refractivity (Wildman–Crippen MR) is 82.3 cm³/mol. The van der Waals surface area contributed by atoms with Crippen molar-refractivity contribution in [3.05, 3.63) is 57.8 Å². The highest BCUT2D eigenvalue weighted by Crippen LogP contribution is 2.25. The molecule has 1 atom stereocenters. The standard InChI is InChI=1S/C16H15NO4S/c18-15(11-1-3-12(4-2-11)16(19)20)17-6-7-21-14(9-17)13-5-8-22-10-13/h1-5,8,10,14H,6-7,9H2,(H,19,20)/t14-/m0/s1. The molecule has 22 heavy (non-hydrogen) atoms. The Morgan fingerprint density at radius 2 is 1.91 bits per heavy atom. The highest BCUT2D eigenvalue weighted by molar-refractivity contribution is 7.07. The Bertz CT molecular complexity index is 666. The number of thiophene rings is 1.